The van der Waals surface area contributed by atoms with E-state index in [0.29, 0.717) is 0 Å². The van der Waals surface area contributed by atoms with Gasteiger partial charge in [-0.15, -0.1) is 0 Å². The maximum Gasteiger partial charge on any atom is 0.106 e. The summed E-state index contributed by atoms with van der Waals surface area (Å²) in [7, 11) is 0. The Labute approximate surface area is 121 Å². The predicted molar refractivity (Wildman–Crippen MR) is 78.6 cm³/mol. The molecule has 2 nitrogen and oxygen atoms in total. The van der Waals surface area contributed by atoms with Crippen LogP contribution in [0.15, 0.2) is 47.1 Å². The smallest absolute Gasteiger partial charge is 0.106 e. The third-order valence-electron chi connectivity index (χ3n) is 2.73. The Balaban J connectivity index is 1.96. The van der Waals surface area contributed by atoms with Crippen LogP contribution >= 0.6 is 27.5 Å². The van der Waals surface area contributed by atoms with Crippen LogP contribution < -0.4 is 5.32 Å². The summed E-state index contributed by atoms with van der Waals surface area (Å²) in [5.74, 6) is 0. The molecule has 2 rings (SSSR count). The average molecular weight is 326 g/mol. The number of benzene rings is 1. The molecule has 1 unspecified atom stereocenters. The van der Waals surface area contributed by atoms with Gasteiger partial charge in [0.05, 0.1) is 5.69 Å². The second kappa shape index (κ2) is 6.32. The molecule has 0 radical (unpaired) electrons. The van der Waals surface area contributed by atoms with E-state index in [1.165, 1.54) is 5.56 Å². The number of hydrogen-bond donors (Lipinski definition) is 1. The first-order valence-electron chi connectivity index (χ1n) is 5.75. The number of nitrogens with zero attached hydrogens (tertiary/aromatic N) is 1. The molecule has 1 heterocycles. The first-order valence-corrected chi connectivity index (χ1v) is 6.92. The quantitative estimate of drug-likeness (QED) is 0.845. The van der Waals surface area contributed by atoms with E-state index in [9.17, 15) is 0 Å². The first kappa shape index (κ1) is 13.5. The van der Waals surface area contributed by atoms with E-state index >= 15 is 0 Å². The van der Waals surface area contributed by atoms with Gasteiger partial charge in [0.1, 0.15) is 4.60 Å². The van der Waals surface area contributed by atoms with E-state index in [1.807, 2.05) is 42.5 Å². The molecular formula is C14H14BrClN2. The van der Waals surface area contributed by atoms with Crippen molar-refractivity contribution in [3.8, 4) is 0 Å². The molecule has 0 aliphatic rings. The Kier molecular flexibility index (Phi) is 4.75. The van der Waals surface area contributed by atoms with Gasteiger partial charge >= 0.3 is 0 Å². The van der Waals surface area contributed by atoms with E-state index < -0.39 is 0 Å². The minimum Gasteiger partial charge on any atom is -0.305 e. The van der Waals surface area contributed by atoms with Gasteiger partial charge < -0.3 is 5.32 Å². The van der Waals surface area contributed by atoms with E-state index in [-0.39, 0.29) is 6.04 Å². The molecule has 0 amide bonds. The lowest BCUT2D eigenvalue weighted by atomic mass is 10.1. The summed E-state index contributed by atoms with van der Waals surface area (Å²) in [6.07, 6.45) is 0. The van der Waals surface area contributed by atoms with Gasteiger partial charge in [-0.05, 0) is 52.7 Å². The van der Waals surface area contributed by atoms with Crippen molar-refractivity contribution in [2.24, 2.45) is 0 Å². The fourth-order valence-electron chi connectivity index (χ4n) is 1.68. The molecule has 2 aromatic rings. The second-order valence-electron chi connectivity index (χ2n) is 4.11. The highest BCUT2D eigenvalue weighted by molar-refractivity contribution is 9.10. The van der Waals surface area contributed by atoms with Crippen molar-refractivity contribution < 1.29 is 0 Å². The SMILES string of the molecule is CC(NCc1cccc(Br)n1)c1ccc(Cl)cc1. The third-order valence-corrected chi connectivity index (χ3v) is 3.43. The highest BCUT2D eigenvalue weighted by Gasteiger charge is 2.05. The second-order valence-corrected chi connectivity index (χ2v) is 5.35. The number of aromatic nitrogens is 1. The van der Waals surface area contributed by atoms with E-state index in [4.69, 9.17) is 11.6 Å². The largest absolute Gasteiger partial charge is 0.305 e. The number of hydrogen-bond acceptors (Lipinski definition) is 2. The van der Waals surface area contributed by atoms with Crippen molar-refractivity contribution in [2.75, 3.05) is 0 Å². The van der Waals surface area contributed by atoms with Crippen LogP contribution in [-0.2, 0) is 6.54 Å². The Bertz CT molecular complexity index is 513. The molecule has 18 heavy (non-hydrogen) atoms. The average Bonchev–Trinajstić information content (AvgIpc) is 2.37. The molecule has 0 fully saturated rings. The molecule has 4 heteroatoms. The highest BCUT2D eigenvalue weighted by Crippen LogP contribution is 2.16. The van der Waals surface area contributed by atoms with Gasteiger partial charge in [0, 0.05) is 17.6 Å². The summed E-state index contributed by atoms with van der Waals surface area (Å²) < 4.78 is 0.862. The van der Waals surface area contributed by atoms with Gasteiger partial charge in [0.2, 0.25) is 0 Å². The minimum atomic E-state index is 0.267. The molecule has 94 valence electrons. The first-order chi connectivity index (χ1) is 8.65. The van der Waals surface area contributed by atoms with Crippen molar-refractivity contribution in [1.82, 2.24) is 10.3 Å². The molecule has 0 aliphatic heterocycles. The zero-order valence-corrected chi connectivity index (χ0v) is 12.4. The molecule has 1 aromatic carbocycles. The summed E-state index contributed by atoms with van der Waals surface area (Å²) in [5.41, 5.74) is 2.24. The molecule has 1 aromatic heterocycles. The Morgan fingerprint density at radius 3 is 2.61 bits per heavy atom. The summed E-state index contributed by atoms with van der Waals surface area (Å²) >= 11 is 9.24. The molecule has 0 aliphatic carbocycles. The Hall–Kier alpha value is -0.900. The fourth-order valence-corrected chi connectivity index (χ4v) is 2.18. The summed E-state index contributed by atoms with van der Waals surface area (Å²) in [5, 5.41) is 4.20. The Morgan fingerprint density at radius 2 is 1.94 bits per heavy atom. The molecule has 0 saturated heterocycles. The minimum absolute atomic E-state index is 0.267. The lowest BCUT2D eigenvalue weighted by Gasteiger charge is -2.14. The number of pyridine rings is 1. The van der Waals surface area contributed by atoms with Crippen LogP contribution in [0, 0.1) is 0 Å². The maximum atomic E-state index is 5.87. The number of halogens is 2. The fraction of sp³-hybridized carbons (Fsp3) is 0.214. The lowest BCUT2D eigenvalue weighted by Crippen LogP contribution is -2.18. The third kappa shape index (κ3) is 3.80. The molecular weight excluding hydrogens is 312 g/mol. The summed E-state index contributed by atoms with van der Waals surface area (Å²) in [4.78, 5) is 4.39. The highest BCUT2D eigenvalue weighted by atomic mass is 79.9. The predicted octanol–water partition coefficient (Wildman–Crippen LogP) is 4.35. The van der Waals surface area contributed by atoms with Crippen molar-refractivity contribution in [2.45, 2.75) is 19.5 Å². The van der Waals surface area contributed by atoms with Crippen LogP contribution in [0.25, 0.3) is 0 Å². The molecule has 0 spiro atoms. The molecule has 0 saturated carbocycles. The number of rotatable bonds is 4. The maximum absolute atomic E-state index is 5.87. The normalized spacial score (nSPS) is 12.4. The molecule has 1 N–H and O–H groups in total. The van der Waals surface area contributed by atoms with Gasteiger partial charge in [-0.1, -0.05) is 29.8 Å². The van der Waals surface area contributed by atoms with Crippen molar-refractivity contribution in [1.29, 1.82) is 0 Å². The van der Waals surface area contributed by atoms with Gasteiger partial charge in [0.25, 0.3) is 0 Å². The van der Waals surface area contributed by atoms with Crippen LogP contribution in [0.3, 0.4) is 0 Å². The summed E-state index contributed by atoms with van der Waals surface area (Å²) in [6.45, 7) is 2.87. The van der Waals surface area contributed by atoms with E-state index in [2.05, 4.69) is 33.2 Å². The van der Waals surface area contributed by atoms with Crippen molar-refractivity contribution in [3.05, 3.63) is 63.3 Å². The van der Waals surface area contributed by atoms with Crippen LogP contribution in [-0.4, -0.2) is 4.98 Å². The number of nitrogens with one attached hydrogen (secondary N) is 1. The van der Waals surface area contributed by atoms with Crippen molar-refractivity contribution in [3.63, 3.8) is 0 Å². The van der Waals surface area contributed by atoms with Crippen LogP contribution in [0.5, 0.6) is 0 Å². The van der Waals surface area contributed by atoms with Gasteiger partial charge in [0.15, 0.2) is 0 Å². The van der Waals surface area contributed by atoms with Gasteiger partial charge in [-0.25, -0.2) is 4.98 Å². The van der Waals surface area contributed by atoms with E-state index in [0.717, 1.165) is 21.9 Å². The standard InChI is InChI=1S/C14H14BrClN2/c1-10(11-5-7-12(16)8-6-11)17-9-13-3-2-4-14(15)18-13/h2-8,10,17H,9H2,1H3. The van der Waals surface area contributed by atoms with E-state index in [1.54, 1.807) is 0 Å². The summed E-state index contributed by atoms with van der Waals surface area (Å²) in [6, 6.07) is 14.1. The monoisotopic (exact) mass is 324 g/mol. The van der Waals surface area contributed by atoms with Gasteiger partial charge in [-0.2, -0.15) is 0 Å². The molecule has 1 atom stereocenters. The molecule has 0 bridgehead atoms. The zero-order valence-electron chi connectivity index (χ0n) is 10.0. The lowest BCUT2D eigenvalue weighted by molar-refractivity contribution is 0.567. The zero-order chi connectivity index (χ0) is 13.0. The van der Waals surface area contributed by atoms with Crippen LogP contribution in [0.4, 0.5) is 0 Å². The van der Waals surface area contributed by atoms with Crippen LogP contribution in [0.1, 0.15) is 24.2 Å². The van der Waals surface area contributed by atoms with Gasteiger partial charge in [-0.3, -0.25) is 0 Å². The Morgan fingerprint density at radius 1 is 1.22 bits per heavy atom. The topological polar surface area (TPSA) is 24.9 Å². The van der Waals surface area contributed by atoms with Crippen LogP contribution in [0.2, 0.25) is 5.02 Å². The van der Waals surface area contributed by atoms with Crippen molar-refractivity contribution >= 4 is 27.5 Å².